The Balaban J connectivity index is 1.53. The summed E-state index contributed by atoms with van der Waals surface area (Å²) < 4.78 is 0. The van der Waals surface area contributed by atoms with Crippen LogP contribution in [-0.2, 0) is 0 Å². The van der Waals surface area contributed by atoms with E-state index in [1.165, 1.54) is 43.9 Å². The molecule has 3 aliphatic rings. The molecule has 0 spiro atoms. The molecule has 150 valence electrons. The van der Waals surface area contributed by atoms with Crippen LogP contribution in [0.5, 0.6) is 0 Å². The molecule has 0 radical (unpaired) electrons. The number of benzene rings is 5. The van der Waals surface area contributed by atoms with E-state index in [0.29, 0.717) is 5.92 Å². The van der Waals surface area contributed by atoms with Crippen molar-refractivity contribution < 1.29 is 0 Å². The fourth-order valence-corrected chi connectivity index (χ4v) is 7.00. The van der Waals surface area contributed by atoms with Gasteiger partial charge in [0.15, 0.2) is 0 Å². The maximum absolute atomic E-state index is 2.39. The molecule has 0 saturated heterocycles. The monoisotopic (exact) mass is 414 g/mol. The Kier molecular flexibility index (Phi) is 3.44. The molecule has 2 heteroatoms. The molecule has 0 aromatic heterocycles. The highest BCUT2D eigenvalue weighted by molar-refractivity contribution is 7.00. The highest BCUT2D eigenvalue weighted by Crippen LogP contribution is 2.48. The Morgan fingerprint density at radius 1 is 0.364 bits per heavy atom. The molecule has 5 aromatic carbocycles. The zero-order valence-electron chi connectivity index (χ0n) is 18.2. The summed E-state index contributed by atoms with van der Waals surface area (Å²) in [5.74, 6) is 0.355. The minimum Gasteiger partial charge on any atom is -0.0686 e. The molecule has 0 atom stereocenters. The van der Waals surface area contributed by atoms with E-state index < -0.39 is 0 Å². The van der Waals surface area contributed by atoms with Crippen molar-refractivity contribution in [3.8, 4) is 11.1 Å². The molecule has 0 bridgehead atoms. The average molecular weight is 414 g/mol. The van der Waals surface area contributed by atoms with Crippen molar-refractivity contribution in [1.82, 2.24) is 0 Å². The Hall–Kier alpha value is -3.77. The van der Waals surface area contributed by atoms with Crippen LogP contribution in [0.4, 0.5) is 0 Å². The van der Waals surface area contributed by atoms with E-state index in [-0.39, 0.29) is 13.4 Å². The van der Waals surface area contributed by atoms with Crippen molar-refractivity contribution in [2.75, 3.05) is 0 Å². The van der Waals surface area contributed by atoms with Crippen LogP contribution in [0.25, 0.3) is 11.1 Å². The first-order valence-electron chi connectivity index (χ1n) is 11.9. The molecule has 5 aromatic rings. The second kappa shape index (κ2) is 6.39. The number of hydrogen-bond acceptors (Lipinski definition) is 0. The van der Waals surface area contributed by atoms with Crippen molar-refractivity contribution in [2.24, 2.45) is 0 Å². The van der Waals surface area contributed by atoms with Gasteiger partial charge in [0.05, 0.1) is 0 Å². The molecular weight excluding hydrogens is 394 g/mol. The summed E-state index contributed by atoms with van der Waals surface area (Å²) in [6.45, 7) is 0.555. The van der Waals surface area contributed by atoms with Gasteiger partial charge in [-0.3, -0.25) is 0 Å². The predicted octanol–water partition coefficient (Wildman–Crippen LogP) is 2.51. The van der Waals surface area contributed by atoms with Crippen LogP contribution in [0.2, 0.25) is 0 Å². The molecule has 2 heterocycles. The van der Waals surface area contributed by atoms with E-state index in [1.807, 2.05) is 0 Å². The summed E-state index contributed by atoms with van der Waals surface area (Å²) in [7, 11) is 0. The standard InChI is InChI=1S/C31H20B2/c1-3-10-20(11-4-1)32-24-16-7-14-22-23-15-8-17-25-29(23)31(28(22)24)30-26(32)18-9-19-27(30)33(25)21-12-5-2-6-13-21/h1-19,31H. The first-order valence-corrected chi connectivity index (χ1v) is 11.9. The Bertz CT molecular complexity index is 1450. The summed E-state index contributed by atoms with van der Waals surface area (Å²) in [4.78, 5) is 0. The maximum atomic E-state index is 2.39. The van der Waals surface area contributed by atoms with Gasteiger partial charge in [-0.2, -0.15) is 0 Å². The number of fused-ring (bicyclic) bond motifs is 1. The smallest absolute Gasteiger partial charge is 0.0686 e. The minimum atomic E-state index is 0.277. The first kappa shape index (κ1) is 17.7. The van der Waals surface area contributed by atoms with Crippen LogP contribution < -0.4 is 32.8 Å². The zero-order chi connectivity index (χ0) is 21.5. The lowest BCUT2D eigenvalue weighted by atomic mass is 9.27. The summed E-state index contributed by atoms with van der Waals surface area (Å²) in [6, 6.07) is 43.2. The third-order valence-corrected chi connectivity index (χ3v) is 8.12. The Morgan fingerprint density at radius 2 is 0.758 bits per heavy atom. The fraction of sp³-hybridized carbons (Fsp3) is 0.0323. The van der Waals surface area contributed by atoms with Gasteiger partial charge in [0.2, 0.25) is 13.4 Å². The van der Waals surface area contributed by atoms with Gasteiger partial charge in [-0.15, -0.1) is 0 Å². The van der Waals surface area contributed by atoms with Crippen molar-refractivity contribution in [3.63, 3.8) is 0 Å². The minimum absolute atomic E-state index is 0.277. The molecule has 8 rings (SSSR count). The molecule has 0 fully saturated rings. The zero-order valence-corrected chi connectivity index (χ0v) is 18.2. The third-order valence-electron chi connectivity index (χ3n) is 8.12. The van der Waals surface area contributed by atoms with E-state index in [2.05, 4.69) is 115 Å². The molecule has 0 amide bonds. The molecule has 2 aliphatic heterocycles. The van der Waals surface area contributed by atoms with Crippen LogP contribution in [0.1, 0.15) is 22.6 Å². The van der Waals surface area contributed by atoms with E-state index in [4.69, 9.17) is 0 Å². The van der Waals surface area contributed by atoms with Crippen molar-refractivity contribution in [2.45, 2.75) is 5.92 Å². The van der Waals surface area contributed by atoms with Gasteiger partial charge in [-0.05, 0) is 27.8 Å². The van der Waals surface area contributed by atoms with Gasteiger partial charge in [0, 0.05) is 5.92 Å². The maximum Gasteiger partial charge on any atom is 0.241 e. The lowest BCUT2D eigenvalue weighted by molar-refractivity contribution is 1.03. The lowest BCUT2D eigenvalue weighted by Crippen LogP contribution is -2.65. The van der Waals surface area contributed by atoms with E-state index in [1.54, 1.807) is 16.7 Å². The van der Waals surface area contributed by atoms with Crippen LogP contribution in [0.3, 0.4) is 0 Å². The quantitative estimate of drug-likeness (QED) is 0.382. The van der Waals surface area contributed by atoms with Gasteiger partial charge in [-0.25, -0.2) is 0 Å². The largest absolute Gasteiger partial charge is 0.241 e. The van der Waals surface area contributed by atoms with Crippen LogP contribution in [0, 0.1) is 0 Å². The lowest BCUT2D eigenvalue weighted by Gasteiger charge is -2.38. The molecule has 0 saturated carbocycles. The summed E-state index contributed by atoms with van der Waals surface area (Å²) >= 11 is 0. The van der Waals surface area contributed by atoms with Crippen molar-refractivity contribution in [1.29, 1.82) is 0 Å². The summed E-state index contributed by atoms with van der Waals surface area (Å²) in [5, 5.41) is 0. The molecule has 0 N–H and O–H groups in total. The van der Waals surface area contributed by atoms with Crippen LogP contribution >= 0.6 is 0 Å². The van der Waals surface area contributed by atoms with Crippen LogP contribution in [0.15, 0.2) is 115 Å². The molecule has 1 aliphatic carbocycles. The molecule has 0 nitrogen and oxygen atoms in total. The Labute approximate surface area is 195 Å². The molecule has 33 heavy (non-hydrogen) atoms. The normalized spacial score (nSPS) is 14.4. The third kappa shape index (κ3) is 2.19. The van der Waals surface area contributed by atoms with Crippen molar-refractivity contribution >= 4 is 46.2 Å². The van der Waals surface area contributed by atoms with Crippen LogP contribution in [-0.4, -0.2) is 13.4 Å². The van der Waals surface area contributed by atoms with Crippen molar-refractivity contribution in [3.05, 3.63) is 132 Å². The SMILES string of the molecule is c1ccc(B2c3cccc4c3C3c5c2cccc5-c2cccc(c23)B4c2ccccc2)cc1. The van der Waals surface area contributed by atoms with Gasteiger partial charge in [-0.1, -0.05) is 148 Å². The van der Waals surface area contributed by atoms with E-state index >= 15 is 0 Å². The fourth-order valence-electron chi connectivity index (χ4n) is 7.00. The second-order valence-corrected chi connectivity index (χ2v) is 9.59. The first-order chi connectivity index (χ1) is 16.4. The summed E-state index contributed by atoms with van der Waals surface area (Å²) in [6.07, 6.45) is 0. The topological polar surface area (TPSA) is 0 Å². The second-order valence-electron chi connectivity index (χ2n) is 9.59. The van der Waals surface area contributed by atoms with Gasteiger partial charge in [0.25, 0.3) is 0 Å². The van der Waals surface area contributed by atoms with Gasteiger partial charge in [0.1, 0.15) is 0 Å². The van der Waals surface area contributed by atoms with Gasteiger partial charge < -0.3 is 0 Å². The number of hydrogen-bond donors (Lipinski definition) is 0. The molecule has 0 unspecified atom stereocenters. The number of rotatable bonds is 2. The molecular formula is C31H20B2. The van der Waals surface area contributed by atoms with Gasteiger partial charge >= 0.3 is 0 Å². The van der Waals surface area contributed by atoms with E-state index in [9.17, 15) is 0 Å². The van der Waals surface area contributed by atoms with E-state index in [0.717, 1.165) is 0 Å². The predicted molar refractivity (Wildman–Crippen MR) is 141 cm³/mol. The highest BCUT2D eigenvalue weighted by Gasteiger charge is 2.48. The average Bonchev–Trinajstić information content (AvgIpc) is 3.23. The summed E-state index contributed by atoms with van der Waals surface area (Å²) in [5.41, 5.74) is 16.2. The Morgan fingerprint density at radius 3 is 1.21 bits per heavy atom. The highest BCUT2D eigenvalue weighted by atomic mass is 14.4.